The van der Waals surface area contributed by atoms with E-state index in [-0.39, 0.29) is 24.9 Å². The molecule has 2 rings (SSSR count). The van der Waals surface area contributed by atoms with Crippen LogP contribution in [0.5, 0.6) is 5.75 Å². The summed E-state index contributed by atoms with van der Waals surface area (Å²) >= 11 is 0. The van der Waals surface area contributed by atoms with Crippen LogP contribution in [0.2, 0.25) is 0 Å². The molecule has 122 valence electrons. The van der Waals surface area contributed by atoms with Crippen molar-refractivity contribution in [1.29, 1.82) is 0 Å². The van der Waals surface area contributed by atoms with Crippen LogP contribution in [0.3, 0.4) is 0 Å². The van der Waals surface area contributed by atoms with Crippen molar-refractivity contribution in [2.75, 3.05) is 19.0 Å². The zero-order valence-electron chi connectivity index (χ0n) is 12.5. The molecule has 0 unspecified atom stereocenters. The van der Waals surface area contributed by atoms with Crippen molar-refractivity contribution >= 4 is 30.0 Å². The number of nitrogens with one attached hydrogen (secondary N) is 1. The van der Waals surface area contributed by atoms with Gasteiger partial charge in [0.25, 0.3) is 0 Å². The Labute approximate surface area is 135 Å². The topological polar surface area (TPSA) is 90.6 Å². The maximum absolute atomic E-state index is 12.2. The van der Waals surface area contributed by atoms with Gasteiger partial charge in [0, 0.05) is 11.8 Å². The summed E-state index contributed by atoms with van der Waals surface area (Å²) in [4.78, 5) is 23.2. The van der Waals surface area contributed by atoms with Crippen molar-refractivity contribution in [1.82, 2.24) is 0 Å². The molecule has 1 aromatic carbocycles. The number of ether oxygens (including phenoxy) is 2. The number of carbonyl (C=O) groups is 2. The van der Waals surface area contributed by atoms with Crippen molar-refractivity contribution in [2.24, 2.45) is 5.73 Å². The molecule has 1 saturated carbocycles. The standard InChI is InChI=1S/C15H20N2O4.ClH/c1-20-13(18)10-21-12-6-4-5-11(9-12)17-14(19)15(16)7-2-3-8-15;/h4-6,9H,2-3,7-8,10,16H2,1H3,(H,17,19);1H. The fourth-order valence-electron chi connectivity index (χ4n) is 2.35. The first-order valence-electron chi connectivity index (χ1n) is 6.93. The highest BCUT2D eigenvalue weighted by Crippen LogP contribution is 2.28. The SMILES string of the molecule is COC(=O)COc1cccc(NC(=O)C2(N)CCCC2)c1.Cl. The van der Waals surface area contributed by atoms with E-state index in [1.165, 1.54) is 7.11 Å². The van der Waals surface area contributed by atoms with Crippen LogP contribution in [0.25, 0.3) is 0 Å². The third-order valence-electron chi connectivity index (χ3n) is 3.62. The summed E-state index contributed by atoms with van der Waals surface area (Å²) in [7, 11) is 1.30. The Morgan fingerprint density at radius 3 is 2.64 bits per heavy atom. The van der Waals surface area contributed by atoms with E-state index in [9.17, 15) is 9.59 Å². The molecule has 0 bridgehead atoms. The normalized spacial score (nSPS) is 15.5. The molecular weight excluding hydrogens is 308 g/mol. The lowest BCUT2D eigenvalue weighted by Gasteiger charge is -2.22. The molecule has 0 radical (unpaired) electrons. The highest BCUT2D eigenvalue weighted by molar-refractivity contribution is 5.98. The van der Waals surface area contributed by atoms with Crippen LogP contribution in [0, 0.1) is 0 Å². The Kier molecular flexibility index (Phi) is 6.64. The van der Waals surface area contributed by atoms with E-state index in [1.807, 2.05) is 0 Å². The van der Waals surface area contributed by atoms with Crippen LogP contribution >= 0.6 is 12.4 Å². The van der Waals surface area contributed by atoms with Gasteiger partial charge in [0.15, 0.2) is 6.61 Å². The highest BCUT2D eigenvalue weighted by atomic mass is 35.5. The lowest BCUT2D eigenvalue weighted by atomic mass is 9.98. The van der Waals surface area contributed by atoms with Crippen LogP contribution in [-0.4, -0.2) is 31.1 Å². The molecule has 0 atom stereocenters. The molecule has 0 spiro atoms. The number of anilines is 1. The lowest BCUT2D eigenvalue weighted by molar-refractivity contribution is -0.142. The first kappa shape index (κ1) is 18.3. The van der Waals surface area contributed by atoms with E-state index >= 15 is 0 Å². The number of halogens is 1. The molecule has 0 aromatic heterocycles. The summed E-state index contributed by atoms with van der Waals surface area (Å²) in [6, 6.07) is 6.84. The monoisotopic (exact) mass is 328 g/mol. The molecule has 7 heteroatoms. The minimum absolute atomic E-state index is 0. The van der Waals surface area contributed by atoms with Crippen LogP contribution in [-0.2, 0) is 14.3 Å². The summed E-state index contributed by atoms with van der Waals surface area (Å²) in [6.45, 7) is -0.172. The Balaban J connectivity index is 0.00000242. The van der Waals surface area contributed by atoms with E-state index in [4.69, 9.17) is 10.5 Å². The van der Waals surface area contributed by atoms with Gasteiger partial charge < -0.3 is 20.5 Å². The van der Waals surface area contributed by atoms with Crippen molar-refractivity contribution in [3.63, 3.8) is 0 Å². The third kappa shape index (κ3) is 4.61. The molecule has 1 aromatic rings. The third-order valence-corrected chi connectivity index (χ3v) is 3.62. The van der Waals surface area contributed by atoms with E-state index in [0.29, 0.717) is 24.3 Å². The quantitative estimate of drug-likeness (QED) is 0.805. The minimum atomic E-state index is -0.775. The average Bonchev–Trinajstić information content (AvgIpc) is 2.93. The first-order chi connectivity index (χ1) is 10.0. The Bertz CT molecular complexity index is 530. The number of hydrogen-bond acceptors (Lipinski definition) is 5. The van der Waals surface area contributed by atoms with Gasteiger partial charge in [0.2, 0.25) is 5.91 Å². The number of benzene rings is 1. The molecular formula is C15H21ClN2O4. The van der Waals surface area contributed by atoms with Crippen molar-refractivity contribution in [2.45, 2.75) is 31.2 Å². The van der Waals surface area contributed by atoms with Crippen LogP contribution in [0.4, 0.5) is 5.69 Å². The second-order valence-electron chi connectivity index (χ2n) is 5.21. The number of methoxy groups -OCH3 is 1. The van der Waals surface area contributed by atoms with Gasteiger partial charge in [0.1, 0.15) is 5.75 Å². The molecule has 1 aliphatic rings. The zero-order chi connectivity index (χ0) is 15.3. The predicted molar refractivity (Wildman–Crippen MR) is 85.2 cm³/mol. The van der Waals surface area contributed by atoms with Crippen molar-refractivity contribution < 1.29 is 19.1 Å². The fraction of sp³-hybridized carbons (Fsp3) is 0.467. The predicted octanol–water partition coefficient (Wildman–Crippen LogP) is 1.87. The largest absolute Gasteiger partial charge is 0.482 e. The van der Waals surface area contributed by atoms with Gasteiger partial charge in [-0.05, 0) is 25.0 Å². The molecule has 0 heterocycles. The number of carbonyl (C=O) groups excluding carboxylic acids is 2. The van der Waals surface area contributed by atoms with Gasteiger partial charge in [-0.2, -0.15) is 0 Å². The number of nitrogens with two attached hydrogens (primary N) is 1. The molecule has 0 saturated heterocycles. The Morgan fingerprint density at radius 1 is 1.32 bits per heavy atom. The molecule has 3 N–H and O–H groups in total. The van der Waals surface area contributed by atoms with Crippen molar-refractivity contribution in [3.8, 4) is 5.75 Å². The second kappa shape index (κ2) is 8.00. The molecule has 22 heavy (non-hydrogen) atoms. The van der Waals surface area contributed by atoms with Crippen molar-refractivity contribution in [3.05, 3.63) is 24.3 Å². The van der Waals surface area contributed by atoms with Crippen LogP contribution in [0.15, 0.2) is 24.3 Å². The number of hydrogen-bond donors (Lipinski definition) is 2. The summed E-state index contributed by atoms with van der Waals surface area (Å²) in [5.41, 5.74) is 5.92. The first-order valence-corrected chi connectivity index (χ1v) is 6.93. The maximum atomic E-state index is 12.2. The number of amides is 1. The summed E-state index contributed by atoms with van der Waals surface area (Å²) < 4.78 is 9.77. The summed E-state index contributed by atoms with van der Waals surface area (Å²) in [5, 5.41) is 2.81. The molecule has 0 aliphatic heterocycles. The smallest absolute Gasteiger partial charge is 0.343 e. The Morgan fingerprint density at radius 2 is 2.00 bits per heavy atom. The zero-order valence-corrected chi connectivity index (χ0v) is 13.3. The second-order valence-corrected chi connectivity index (χ2v) is 5.21. The van der Waals surface area contributed by atoms with Gasteiger partial charge in [-0.25, -0.2) is 4.79 Å². The van der Waals surface area contributed by atoms with Gasteiger partial charge in [-0.3, -0.25) is 4.79 Å². The number of rotatable bonds is 5. The lowest BCUT2D eigenvalue weighted by Crippen LogP contribution is -2.48. The van der Waals surface area contributed by atoms with Crippen LogP contribution < -0.4 is 15.8 Å². The van der Waals surface area contributed by atoms with E-state index in [0.717, 1.165) is 12.8 Å². The van der Waals surface area contributed by atoms with E-state index in [2.05, 4.69) is 10.1 Å². The van der Waals surface area contributed by atoms with Gasteiger partial charge in [-0.15, -0.1) is 12.4 Å². The molecule has 1 fully saturated rings. The molecule has 6 nitrogen and oxygen atoms in total. The minimum Gasteiger partial charge on any atom is -0.482 e. The molecule has 1 aliphatic carbocycles. The van der Waals surface area contributed by atoms with E-state index < -0.39 is 11.5 Å². The highest BCUT2D eigenvalue weighted by Gasteiger charge is 2.36. The summed E-state index contributed by atoms with van der Waals surface area (Å²) in [6.07, 6.45) is 3.37. The fourth-order valence-corrected chi connectivity index (χ4v) is 2.35. The Hall–Kier alpha value is -1.79. The van der Waals surface area contributed by atoms with Gasteiger partial charge >= 0.3 is 5.97 Å². The number of esters is 1. The van der Waals surface area contributed by atoms with Crippen LogP contribution in [0.1, 0.15) is 25.7 Å². The summed E-state index contributed by atoms with van der Waals surface area (Å²) in [5.74, 6) is -0.155. The van der Waals surface area contributed by atoms with E-state index in [1.54, 1.807) is 24.3 Å². The molecule has 1 amide bonds. The van der Waals surface area contributed by atoms with Gasteiger partial charge in [0.05, 0.1) is 12.6 Å². The average molecular weight is 329 g/mol. The maximum Gasteiger partial charge on any atom is 0.343 e. The van der Waals surface area contributed by atoms with Gasteiger partial charge in [-0.1, -0.05) is 18.9 Å².